The maximum atomic E-state index is 9.96. The molecular formula is C6H12O5. The van der Waals surface area contributed by atoms with Gasteiger partial charge in [-0.1, -0.05) is 0 Å². The molecule has 4 N–H and O–H groups in total. The molecule has 0 bridgehead atoms. The van der Waals surface area contributed by atoms with Crippen molar-refractivity contribution in [2.75, 3.05) is 6.61 Å². The first-order valence-corrected chi connectivity index (χ1v) is 3.07. The second-order valence-electron chi connectivity index (χ2n) is 2.06. The van der Waals surface area contributed by atoms with Gasteiger partial charge in [0.1, 0.15) is 18.5 Å². The van der Waals surface area contributed by atoms with E-state index < -0.39 is 31.3 Å². The Bertz CT molecular complexity index is 142. The Morgan fingerprint density at radius 1 is 1.36 bits per heavy atom. The molecule has 0 aromatic rings. The molecule has 0 saturated carbocycles. The summed E-state index contributed by atoms with van der Waals surface area (Å²) in [6.07, 6.45) is -6.26. The molecule has 0 unspecified atom stereocenters. The third-order valence-electron chi connectivity index (χ3n) is 1.21. The van der Waals surface area contributed by atoms with Crippen LogP contribution < -0.4 is 0 Å². The van der Waals surface area contributed by atoms with Crippen molar-refractivity contribution in [3.63, 3.8) is 0 Å². The van der Waals surface area contributed by atoms with Crippen LogP contribution in [-0.2, 0) is 4.79 Å². The highest BCUT2D eigenvalue weighted by Gasteiger charge is 2.23. The highest BCUT2D eigenvalue weighted by Crippen LogP contribution is 2.01. The maximum Gasteiger partial charge on any atom is 0.122 e. The topological polar surface area (TPSA) is 98.0 Å². The van der Waals surface area contributed by atoms with Crippen LogP contribution in [0.4, 0.5) is 0 Å². The summed E-state index contributed by atoms with van der Waals surface area (Å²) in [4.78, 5) is 9.96. The van der Waals surface area contributed by atoms with E-state index in [1.165, 1.54) is 0 Å². The first kappa shape index (κ1) is 8.61. The first-order chi connectivity index (χ1) is 5.54. The quantitative estimate of drug-likeness (QED) is 0.343. The van der Waals surface area contributed by atoms with Crippen LogP contribution in [0, 0.1) is 0 Å². The minimum absolute atomic E-state index is 0.137. The minimum atomic E-state index is -1.68. The summed E-state index contributed by atoms with van der Waals surface area (Å²) in [6, 6.07) is 0. The minimum Gasteiger partial charge on any atom is -0.394 e. The molecule has 0 amide bonds. The Kier molecular flexibility index (Phi) is 4.07. The van der Waals surface area contributed by atoms with Crippen LogP contribution in [-0.4, -0.2) is 51.6 Å². The van der Waals surface area contributed by atoms with E-state index in [4.69, 9.17) is 21.8 Å². The third kappa shape index (κ3) is 3.43. The van der Waals surface area contributed by atoms with Crippen molar-refractivity contribution >= 4 is 6.29 Å². The average Bonchev–Trinajstić information content (AvgIpc) is 2.12. The van der Waals surface area contributed by atoms with Crippen molar-refractivity contribution in [2.45, 2.75) is 24.7 Å². The Morgan fingerprint density at radius 2 is 1.91 bits per heavy atom. The average molecular weight is 166 g/mol. The number of carbonyl (C=O) groups excluding carboxylic acids is 1. The van der Waals surface area contributed by atoms with Gasteiger partial charge in [-0.25, -0.2) is 0 Å². The molecule has 4 atom stereocenters. The van der Waals surface area contributed by atoms with Gasteiger partial charge in [0.15, 0.2) is 0 Å². The van der Waals surface area contributed by atoms with Crippen molar-refractivity contribution < 1.29 is 26.6 Å². The van der Waals surface area contributed by atoms with Gasteiger partial charge in [-0.3, -0.25) is 0 Å². The van der Waals surface area contributed by atoms with Gasteiger partial charge in [0.2, 0.25) is 0 Å². The number of aliphatic hydroxyl groups excluding tert-OH is 4. The first-order valence-electron chi connectivity index (χ1n) is 3.65. The van der Waals surface area contributed by atoms with E-state index in [9.17, 15) is 4.79 Å². The molecule has 11 heavy (non-hydrogen) atoms. The van der Waals surface area contributed by atoms with Gasteiger partial charge < -0.3 is 25.2 Å². The monoisotopic (exact) mass is 166 g/mol. The Morgan fingerprint density at radius 3 is 2.27 bits per heavy atom. The zero-order chi connectivity index (χ0) is 9.72. The number of carbonyl (C=O) groups is 1. The SMILES string of the molecule is [3H][C@H](C=O)[C@@H](O)[C@H](O)[C@H](O)CO. The molecule has 0 aliphatic heterocycles. The number of hydrogen-bond donors (Lipinski definition) is 4. The molecule has 0 aliphatic carbocycles. The summed E-state index contributed by atoms with van der Waals surface area (Å²) in [6.45, 7) is -0.732. The van der Waals surface area contributed by atoms with Gasteiger partial charge in [0, 0.05) is 7.77 Å². The zero-order valence-corrected chi connectivity index (χ0v) is 5.79. The number of rotatable bonds is 5. The zero-order valence-electron chi connectivity index (χ0n) is 6.79. The predicted molar refractivity (Wildman–Crippen MR) is 35.8 cm³/mol. The largest absolute Gasteiger partial charge is 0.394 e. The Balaban J connectivity index is 4.07. The Labute approximate surface area is 65.3 Å². The standard InChI is InChI=1S/C6H12O5/c7-2-1-4(9)6(11)5(10)3-8/h2,4-6,8-11H,1,3H2/t4-,5-,6+/m1/s1/i1T/t1-,4-,5-,6+. The summed E-state index contributed by atoms with van der Waals surface area (Å²) >= 11 is 0. The fourth-order valence-corrected chi connectivity index (χ4v) is 0.530. The fourth-order valence-electron chi connectivity index (χ4n) is 0.530. The molecule has 5 heteroatoms. The van der Waals surface area contributed by atoms with Crippen molar-refractivity contribution in [1.82, 2.24) is 0 Å². The summed E-state index contributed by atoms with van der Waals surface area (Å²) < 4.78 is 6.85. The molecule has 0 fully saturated rings. The number of aldehydes is 1. The highest BCUT2D eigenvalue weighted by atomic mass is 16.4. The molecule has 0 aromatic heterocycles. The molecule has 66 valence electrons. The van der Waals surface area contributed by atoms with E-state index in [2.05, 4.69) is 0 Å². The lowest BCUT2D eigenvalue weighted by atomic mass is 10.1. The second kappa shape index (κ2) is 5.20. The van der Waals surface area contributed by atoms with Crippen molar-refractivity contribution in [3.8, 4) is 0 Å². The van der Waals surface area contributed by atoms with Gasteiger partial charge in [-0.05, 0) is 0 Å². The van der Waals surface area contributed by atoms with E-state index in [1.54, 1.807) is 0 Å². The maximum absolute atomic E-state index is 9.96. The van der Waals surface area contributed by atoms with E-state index in [0.29, 0.717) is 0 Å². The van der Waals surface area contributed by atoms with Crippen LogP contribution >= 0.6 is 0 Å². The lowest BCUT2D eigenvalue weighted by Gasteiger charge is -2.19. The molecule has 0 aromatic carbocycles. The van der Waals surface area contributed by atoms with E-state index in [1.807, 2.05) is 0 Å². The van der Waals surface area contributed by atoms with Crippen LogP contribution in [0.15, 0.2) is 0 Å². The molecule has 0 aliphatic rings. The summed E-state index contributed by atoms with van der Waals surface area (Å²) in [5, 5.41) is 35.0. The van der Waals surface area contributed by atoms with E-state index >= 15 is 0 Å². The smallest absolute Gasteiger partial charge is 0.122 e. The molecular weight excluding hydrogens is 152 g/mol. The number of hydrogen-bond acceptors (Lipinski definition) is 5. The van der Waals surface area contributed by atoms with Crippen LogP contribution in [0.3, 0.4) is 0 Å². The van der Waals surface area contributed by atoms with Gasteiger partial charge in [-0.15, -0.1) is 0 Å². The van der Waals surface area contributed by atoms with Crippen molar-refractivity contribution in [1.29, 1.82) is 0 Å². The normalized spacial score (nSPS) is 23.1. The summed E-state index contributed by atoms with van der Waals surface area (Å²) in [5.74, 6) is 0. The summed E-state index contributed by atoms with van der Waals surface area (Å²) in [7, 11) is 0. The van der Waals surface area contributed by atoms with E-state index in [-0.39, 0.29) is 6.29 Å². The van der Waals surface area contributed by atoms with Crippen molar-refractivity contribution in [3.05, 3.63) is 0 Å². The van der Waals surface area contributed by atoms with Gasteiger partial charge in [0.25, 0.3) is 0 Å². The summed E-state index contributed by atoms with van der Waals surface area (Å²) in [5.41, 5.74) is 0. The molecule has 5 nitrogen and oxygen atoms in total. The fraction of sp³-hybridized carbons (Fsp3) is 0.833. The Hall–Kier alpha value is -0.490. The third-order valence-corrected chi connectivity index (χ3v) is 1.21. The second-order valence-corrected chi connectivity index (χ2v) is 2.06. The van der Waals surface area contributed by atoms with Crippen molar-refractivity contribution in [2.24, 2.45) is 0 Å². The molecule has 0 radical (unpaired) electrons. The highest BCUT2D eigenvalue weighted by molar-refractivity contribution is 5.50. The van der Waals surface area contributed by atoms with Crippen LogP contribution in [0.1, 0.15) is 7.77 Å². The lowest BCUT2D eigenvalue weighted by Crippen LogP contribution is -2.39. The van der Waals surface area contributed by atoms with Gasteiger partial charge >= 0.3 is 0 Å². The van der Waals surface area contributed by atoms with Crippen LogP contribution in [0.2, 0.25) is 0 Å². The number of aliphatic hydroxyl groups is 4. The molecule has 0 heterocycles. The molecule has 0 spiro atoms. The predicted octanol–water partition coefficient (Wildman–Crippen LogP) is -2.35. The van der Waals surface area contributed by atoms with E-state index in [0.717, 1.165) is 0 Å². The van der Waals surface area contributed by atoms with Crippen LogP contribution in [0.5, 0.6) is 0 Å². The lowest BCUT2D eigenvalue weighted by molar-refractivity contribution is -0.115. The van der Waals surface area contributed by atoms with Gasteiger partial charge in [-0.2, -0.15) is 0 Å². The molecule has 0 rings (SSSR count). The molecule has 0 saturated heterocycles. The van der Waals surface area contributed by atoms with Crippen LogP contribution in [0.25, 0.3) is 0 Å². The van der Waals surface area contributed by atoms with Gasteiger partial charge in [0.05, 0.1) is 12.7 Å².